The van der Waals surface area contributed by atoms with Crippen LogP contribution < -0.4 is 0 Å². The van der Waals surface area contributed by atoms with Crippen molar-refractivity contribution in [1.29, 1.82) is 0 Å². The molecular formula is C19H44O. The summed E-state index contributed by atoms with van der Waals surface area (Å²) in [6.45, 7) is 18.8. The minimum Gasteiger partial charge on any atom is -0.393 e. The molecule has 4 atom stereocenters. The normalized spacial score (nSPS) is 27.9. The molecule has 20 heavy (non-hydrogen) atoms. The highest BCUT2D eigenvalue weighted by Crippen LogP contribution is 2.37. The van der Waals surface area contributed by atoms with Gasteiger partial charge in [-0.1, -0.05) is 88.0 Å². The highest BCUT2D eigenvalue weighted by molar-refractivity contribution is 4.83. The van der Waals surface area contributed by atoms with Crippen LogP contribution in [0.3, 0.4) is 0 Å². The summed E-state index contributed by atoms with van der Waals surface area (Å²) in [6.07, 6.45) is 7.37. The van der Waals surface area contributed by atoms with E-state index in [1.807, 2.05) is 41.5 Å². The molecule has 1 aliphatic rings. The van der Waals surface area contributed by atoms with Crippen LogP contribution in [0.1, 0.15) is 101 Å². The lowest BCUT2D eigenvalue weighted by Crippen LogP contribution is -2.33. The van der Waals surface area contributed by atoms with Crippen molar-refractivity contribution in [2.24, 2.45) is 17.8 Å². The first-order valence-electron chi connectivity index (χ1n) is 9.37. The number of rotatable bonds is 4. The van der Waals surface area contributed by atoms with Crippen molar-refractivity contribution < 1.29 is 5.11 Å². The van der Waals surface area contributed by atoms with Gasteiger partial charge in [-0.2, -0.15) is 0 Å². The fraction of sp³-hybridized carbons (Fsp3) is 1.00. The molecule has 1 heteroatoms. The fourth-order valence-corrected chi connectivity index (χ4v) is 2.87. The Balaban J connectivity index is -0.000000425. The molecule has 0 aliphatic heterocycles. The van der Waals surface area contributed by atoms with Crippen LogP contribution in [0, 0.1) is 17.8 Å². The van der Waals surface area contributed by atoms with Crippen LogP contribution in [-0.4, -0.2) is 11.2 Å². The van der Waals surface area contributed by atoms with E-state index < -0.39 is 0 Å². The zero-order valence-electron chi connectivity index (χ0n) is 16.0. The van der Waals surface area contributed by atoms with E-state index in [1.54, 1.807) is 0 Å². The van der Waals surface area contributed by atoms with Gasteiger partial charge >= 0.3 is 0 Å². The molecule has 0 bridgehead atoms. The van der Waals surface area contributed by atoms with Crippen LogP contribution in [-0.2, 0) is 0 Å². The lowest BCUT2D eigenvalue weighted by molar-refractivity contribution is 0.0147. The number of unbranched alkanes of at least 4 members (excludes halogenated alkanes) is 1. The molecule has 1 rings (SSSR count). The van der Waals surface area contributed by atoms with Crippen LogP contribution in [0.2, 0.25) is 0 Å². The Morgan fingerprint density at radius 1 is 0.850 bits per heavy atom. The molecule has 0 radical (unpaired) electrons. The van der Waals surface area contributed by atoms with Crippen LogP contribution in [0.25, 0.3) is 0 Å². The molecule has 0 aromatic rings. The number of aliphatic hydroxyl groups is 1. The summed E-state index contributed by atoms with van der Waals surface area (Å²) in [7, 11) is 0. The third-order valence-corrected chi connectivity index (χ3v) is 4.02. The Kier molecular flexibility index (Phi) is 23.6. The monoisotopic (exact) mass is 288 g/mol. The predicted molar refractivity (Wildman–Crippen MR) is 95.2 cm³/mol. The first kappa shape index (κ1) is 24.9. The van der Waals surface area contributed by atoms with Gasteiger partial charge < -0.3 is 5.11 Å². The first-order chi connectivity index (χ1) is 9.69. The van der Waals surface area contributed by atoms with E-state index in [1.165, 1.54) is 25.7 Å². The lowest BCUT2D eigenvalue weighted by Gasteiger charge is -2.37. The summed E-state index contributed by atoms with van der Waals surface area (Å²) in [4.78, 5) is 0. The zero-order valence-corrected chi connectivity index (χ0v) is 16.0. The predicted octanol–water partition coefficient (Wildman–Crippen LogP) is 6.69. The van der Waals surface area contributed by atoms with E-state index in [0.29, 0.717) is 5.92 Å². The highest BCUT2D eigenvalue weighted by Gasteiger charge is 2.32. The van der Waals surface area contributed by atoms with Gasteiger partial charge in [-0.15, -0.1) is 0 Å². The first-order valence-corrected chi connectivity index (χ1v) is 9.37. The second kappa shape index (κ2) is 19.0. The standard InChI is InChI=1S/C13H26O.3C2H6/c1-4-6-7-12-9-13(14)11(5-2)8-10(12)3;3*1-2/h10-14H,4-9H2,1-3H3;3*1-2H3. The molecule has 0 spiro atoms. The van der Waals surface area contributed by atoms with Crippen molar-refractivity contribution in [3.8, 4) is 0 Å². The summed E-state index contributed by atoms with van der Waals surface area (Å²) in [5.74, 6) is 2.19. The van der Waals surface area contributed by atoms with Crippen molar-refractivity contribution in [3.63, 3.8) is 0 Å². The van der Waals surface area contributed by atoms with E-state index in [2.05, 4.69) is 20.8 Å². The highest BCUT2D eigenvalue weighted by atomic mass is 16.3. The number of aliphatic hydroxyl groups excluding tert-OH is 1. The molecule has 0 amide bonds. The Morgan fingerprint density at radius 3 is 1.75 bits per heavy atom. The Labute approximate surface area is 130 Å². The SMILES string of the molecule is CC.CC.CC.CCCCC1CC(O)C(CC)CC1C. The van der Waals surface area contributed by atoms with Crippen LogP contribution in [0.15, 0.2) is 0 Å². The van der Waals surface area contributed by atoms with Gasteiger partial charge in [-0.25, -0.2) is 0 Å². The van der Waals surface area contributed by atoms with Gasteiger partial charge in [-0.3, -0.25) is 0 Å². The fourth-order valence-electron chi connectivity index (χ4n) is 2.87. The molecule has 0 aromatic carbocycles. The molecule has 1 nitrogen and oxygen atoms in total. The molecule has 1 fully saturated rings. The summed E-state index contributed by atoms with van der Waals surface area (Å²) in [5.41, 5.74) is 0. The van der Waals surface area contributed by atoms with Crippen LogP contribution in [0.5, 0.6) is 0 Å². The Bertz CT molecular complexity index is 156. The topological polar surface area (TPSA) is 20.2 Å². The van der Waals surface area contributed by atoms with E-state index in [-0.39, 0.29) is 6.10 Å². The van der Waals surface area contributed by atoms with Crippen LogP contribution in [0.4, 0.5) is 0 Å². The van der Waals surface area contributed by atoms with Gasteiger partial charge in [0.25, 0.3) is 0 Å². The van der Waals surface area contributed by atoms with E-state index in [0.717, 1.165) is 24.7 Å². The summed E-state index contributed by atoms with van der Waals surface area (Å²) < 4.78 is 0. The van der Waals surface area contributed by atoms with Crippen molar-refractivity contribution in [3.05, 3.63) is 0 Å². The lowest BCUT2D eigenvalue weighted by atomic mass is 9.71. The molecule has 126 valence electrons. The molecule has 0 aromatic heterocycles. The van der Waals surface area contributed by atoms with Crippen molar-refractivity contribution in [2.75, 3.05) is 0 Å². The van der Waals surface area contributed by atoms with Gasteiger partial charge in [0.15, 0.2) is 0 Å². The summed E-state index contributed by atoms with van der Waals surface area (Å²) >= 11 is 0. The van der Waals surface area contributed by atoms with Crippen molar-refractivity contribution >= 4 is 0 Å². The minimum absolute atomic E-state index is 0.0157. The molecule has 0 heterocycles. The van der Waals surface area contributed by atoms with E-state index in [4.69, 9.17) is 0 Å². The third kappa shape index (κ3) is 10.7. The smallest absolute Gasteiger partial charge is 0.0571 e. The van der Waals surface area contributed by atoms with Gasteiger partial charge in [0.1, 0.15) is 0 Å². The van der Waals surface area contributed by atoms with E-state index >= 15 is 0 Å². The van der Waals surface area contributed by atoms with Gasteiger partial charge in [0, 0.05) is 0 Å². The maximum atomic E-state index is 9.96. The average Bonchev–Trinajstić information content (AvgIpc) is 2.53. The maximum absolute atomic E-state index is 9.96. The Morgan fingerprint density at radius 2 is 1.35 bits per heavy atom. The van der Waals surface area contributed by atoms with Gasteiger partial charge in [0.05, 0.1) is 6.10 Å². The number of hydrogen-bond donors (Lipinski definition) is 1. The van der Waals surface area contributed by atoms with Gasteiger partial charge in [0.2, 0.25) is 0 Å². The van der Waals surface area contributed by atoms with Crippen molar-refractivity contribution in [1.82, 2.24) is 0 Å². The molecule has 0 saturated heterocycles. The molecule has 1 N–H and O–H groups in total. The average molecular weight is 289 g/mol. The molecule has 4 unspecified atom stereocenters. The third-order valence-electron chi connectivity index (χ3n) is 4.02. The number of hydrogen-bond acceptors (Lipinski definition) is 1. The quantitative estimate of drug-likeness (QED) is 0.611. The second-order valence-electron chi connectivity index (χ2n) is 5.09. The largest absolute Gasteiger partial charge is 0.393 e. The van der Waals surface area contributed by atoms with Gasteiger partial charge in [-0.05, 0) is 30.6 Å². The summed E-state index contributed by atoms with van der Waals surface area (Å²) in [5, 5.41) is 9.96. The molecule has 1 aliphatic carbocycles. The minimum atomic E-state index is -0.0157. The van der Waals surface area contributed by atoms with Crippen molar-refractivity contribution in [2.45, 2.75) is 107 Å². The van der Waals surface area contributed by atoms with E-state index in [9.17, 15) is 5.11 Å². The zero-order chi connectivity index (χ0) is 16.6. The summed E-state index contributed by atoms with van der Waals surface area (Å²) in [6, 6.07) is 0. The molecule has 1 saturated carbocycles. The maximum Gasteiger partial charge on any atom is 0.0571 e. The molecular weight excluding hydrogens is 244 g/mol. The van der Waals surface area contributed by atoms with Crippen LogP contribution >= 0.6 is 0 Å². The Hall–Kier alpha value is -0.0400. The second-order valence-corrected chi connectivity index (χ2v) is 5.09.